The molecule has 1 fully saturated rings. The zero-order chi connectivity index (χ0) is 16.2. The lowest BCUT2D eigenvalue weighted by molar-refractivity contribution is 0.222. The molecule has 0 saturated carbocycles. The minimum atomic E-state index is 0.744. The van der Waals surface area contributed by atoms with Crippen LogP contribution in [0.15, 0.2) is 30.6 Å². The van der Waals surface area contributed by atoms with E-state index in [9.17, 15) is 0 Å². The maximum Gasteiger partial charge on any atom is 0.163 e. The summed E-state index contributed by atoms with van der Waals surface area (Å²) < 4.78 is 0. The number of piperidine rings is 1. The minimum Gasteiger partial charge on any atom is -0.359 e. The fourth-order valence-corrected chi connectivity index (χ4v) is 3.10. The van der Waals surface area contributed by atoms with Gasteiger partial charge in [0.15, 0.2) is 5.82 Å². The van der Waals surface area contributed by atoms with Crippen molar-refractivity contribution in [2.45, 2.75) is 19.8 Å². The van der Waals surface area contributed by atoms with Crippen molar-refractivity contribution in [2.75, 3.05) is 38.6 Å². The minimum absolute atomic E-state index is 0.744. The van der Waals surface area contributed by atoms with E-state index in [2.05, 4.69) is 39.9 Å². The van der Waals surface area contributed by atoms with Gasteiger partial charge in [-0.2, -0.15) is 0 Å². The molecule has 0 radical (unpaired) electrons. The zero-order valence-electron chi connectivity index (χ0n) is 14.2. The Balaban J connectivity index is 1.75. The molecule has 122 valence electrons. The second-order valence-electron chi connectivity index (χ2n) is 6.56. The van der Waals surface area contributed by atoms with Gasteiger partial charge in [-0.05, 0) is 58.0 Å². The van der Waals surface area contributed by atoms with Crippen molar-refractivity contribution in [1.82, 2.24) is 19.9 Å². The first-order valence-electron chi connectivity index (χ1n) is 8.27. The van der Waals surface area contributed by atoms with E-state index in [0.29, 0.717) is 0 Å². The molecule has 0 aliphatic carbocycles. The number of aromatic nitrogens is 3. The van der Waals surface area contributed by atoms with E-state index in [1.807, 2.05) is 25.3 Å². The smallest absolute Gasteiger partial charge is 0.163 e. The molecule has 1 aliphatic heterocycles. The van der Waals surface area contributed by atoms with Crippen LogP contribution < -0.4 is 4.90 Å². The molecule has 0 atom stereocenters. The van der Waals surface area contributed by atoms with Crippen LogP contribution in [-0.4, -0.2) is 53.6 Å². The van der Waals surface area contributed by atoms with Gasteiger partial charge in [0.1, 0.15) is 5.82 Å². The number of rotatable bonds is 4. The van der Waals surface area contributed by atoms with Crippen LogP contribution in [0.5, 0.6) is 0 Å². The number of pyridine rings is 1. The van der Waals surface area contributed by atoms with Gasteiger partial charge < -0.3 is 9.80 Å². The van der Waals surface area contributed by atoms with Gasteiger partial charge in [0.25, 0.3) is 0 Å². The Morgan fingerprint density at radius 2 is 2.04 bits per heavy atom. The van der Waals surface area contributed by atoms with E-state index in [1.165, 1.54) is 25.9 Å². The van der Waals surface area contributed by atoms with Crippen LogP contribution in [0, 0.1) is 12.8 Å². The third kappa shape index (κ3) is 4.05. The molecule has 5 heteroatoms. The fourth-order valence-electron chi connectivity index (χ4n) is 3.10. The van der Waals surface area contributed by atoms with Gasteiger partial charge >= 0.3 is 0 Å². The molecule has 0 amide bonds. The van der Waals surface area contributed by atoms with Gasteiger partial charge in [0.2, 0.25) is 0 Å². The molecule has 0 unspecified atom stereocenters. The lowest BCUT2D eigenvalue weighted by atomic mass is 9.97. The summed E-state index contributed by atoms with van der Waals surface area (Å²) in [4.78, 5) is 18.2. The molecule has 0 spiro atoms. The van der Waals surface area contributed by atoms with E-state index >= 15 is 0 Å². The predicted molar refractivity (Wildman–Crippen MR) is 93.5 cm³/mol. The first-order valence-corrected chi connectivity index (χ1v) is 8.27. The molecule has 2 aromatic heterocycles. The molecular formula is C18H25N5. The molecule has 0 bridgehead atoms. The van der Waals surface area contributed by atoms with E-state index in [0.717, 1.165) is 35.4 Å². The Morgan fingerprint density at radius 1 is 1.26 bits per heavy atom. The number of likely N-dealkylation sites (tertiary alicyclic amines) is 1. The molecular weight excluding hydrogens is 286 g/mol. The highest BCUT2D eigenvalue weighted by molar-refractivity contribution is 5.56. The molecule has 3 rings (SSSR count). The lowest BCUT2D eigenvalue weighted by Gasteiger charge is -2.32. The summed E-state index contributed by atoms with van der Waals surface area (Å²) in [6.45, 7) is 5.47. The van der Waals surface area contributed by atoms with E-state index < -0.39 is 0 Å². The summed E-state index contributed by atoms with van der Waals surface area (Å²) in [6.07, 6.45) is 6.11. The Labute approximate surface area is 138 Å². The van der Waals surface area contributed by atoms with Gasteiger partial charge in [-0.1, -0.05) is 0 Å². The Morgan fingerprint density at radius 3 is 2.74 bits per heavy atom. The maximum absolute atomic E-state index is 4.75. The van der Waals surface area contributed by atoms with Gasteiger partial charge in [0.05, 0.1) is 0 Å². The molecule has 1 aliphatic rings. The number of hydrogen-bond acceptors (Lipinski definition) is 5. The van der Waals surface area contributed by atoms with E-state index in [1.54, 1.807) is 6.20 Å². The highest BCUT2D eigenvalue weighted by Crippen LogP contribution is 2.22. The number of anilines is 1. The topological polar surface area (TPSA) is 45.2 Å². The lowest BCUT2D eigenvalue weighted by Crippen LogP contribution is -2.36. The summed E-state index contributed by atoms with van der Waals surface area (Å²) in [5.74, 6) is 2.49. The largest absolute Gasteiger partial charge is 0.359 e. The SMILES string of the molecule is Cc1cc(N(C)CC2CCN(C)CC2)nc(-c2cccnc2)n1. The molecule has 0 aromatic carbocycles. The molecule has 2 aromatic rings. The average molecular weight is 311 g/mol. The van der Waals surface area contributed by atoms with Gasteiger partial charge in [0, 0.05) is 43.3 Å². The van der Waals surface area contributed by atoms with Crippen molar-refractivity contribution in [3.8, 4) is 11.4 Å². The third-order valence-electron chi connectivity index (χ3n) is 4.52. The molecule has 23 heavy (non-hydrogen) atoms. The normalized spacial score (nSPS) is 16.5. The van der Waals surface area contributed by atoms with Crippen molar-refractivity contribution < 1.29 is 0 Å². The fraction of sp³-hybridized carbons (Fsp3) is 0.500. The molecule has 3 heterocycles. The highest BCUT2D eigenvalue weighted by atomic mass is 15.2. The molecule has 5 nitrogen and oxygen atoms in total. The van der Waals surface area contributed by atoms with Crippen LogP contribution in [-0.2, 0) is 0 Å². The summed E-state index contributed by atoms with van der Waals surface area (Å²) in [6, 6.07) is 5.99. The van der Waals surface area contributed by atoms with E-state index in [4.69, 9.17) is 4.98 Å². The van der Waals surface area contributed by atoms with E-state index in [-0.39, 0.29) is 0 Å². The van der Waals surface area contributed by atoms with Gasteiger partial charge in [-0.3, -0.25) is 4.98 Å². The first kappa shape index (κ1) is 15.9. The second-order valence-corrected chi connectivity index (χ2v) is 6.56. The summed E-state index contributed by atoms with van der Waals surface area (Å²) in [7, 11) is 4.33. The standard InChI is InChI=1S/C18H25N5/c1-14-11-17(21-18(20-14)16-5-4-8-19-12-16)23(3)13-15-6-9-22(2)10-7-15/h4-5,8,11-12,15H,6-7,9-10,13H2,1-3H3. The summed E-state index contributed by atoms with van der Waals surface area (Å²) >= 11 is 0. The van der Waals surface area contributed by atoms with Gasteiger partial charge in [-0.15, -0.1) is 0 Å². The number of nitrogens with zero attached hydrogens (tertiary/aromatic N) is 5. The maximum atomic E-state index is 4.75. The van der Waals surface area contributed by atoms with Crippen molar-refractivity contribution in [1.29, 1.82) is 0 Å². The Hall–Kier alpha value is -2.01. The van der Waals surface area contributed by atoms with Crippen LogP contribution in [0.3, 0.4) is 0 Å². The first-order chi connectivity index (χ1) is 11.1. The van der Waals surface area contributed by atoms with Crippen molar-refractivity contribution in [3.05, 3.63) is 36.3 Å². The molecule has 0 N–H and O–H groups in total. The van der Waals surface area contributed by atoms with Crippen molar-refractivity contribution in [2.24, 2.45) is 5.92 Å². The van der Waals surface area contributed by atoms with Crippen LogP contribution >= 0.6 is 0 Å². The Bertz CT molecular complexity index is 635. The predicted octanol–water partition coefficient (Wildman–Crippen LogP) is 2.63. The molecule has 1 saturated heterocycles. The third-order valence-corrected chi connectivity index (χ3v) is 4.52. The Kier molecular flexibility index (Phi) is 4.86. The number of aryl methyl sites for hydroxylation is 1. The van der Waals surface area contributed by atoms with Gasteiger partial charge in [-0.25, -0.2) is 9.97 Å². The quantitative estimate of drug-likeness (QED) is 0.868. The number of hydrogen-bond donors (Lipinski definition) is 0. The van der Waals surface area contributed by atoms with Crippen LogP contribution in [0.1, 0.15) is 18.5 Å². The highest BCUT2D eigenvalue weighted by Gasteiger charge is 2.19. The van der Waals surface area contributed by atoms with Crippen molar-refractivity contribution in [3.63, 3.8) is 0 Å². The second kappa shape index (κ2) is 7.04. The average Bonchev–Trinajstić information content (AvgIpc) is 2.57. The summed E-state index contributed by atoms with van der Waals surface area (Å²) in [5.41, 5.74) is 1.95. The van der Waals surface area contributed by atoms with Crippen molar-refractivity contribution >= 4 is 5.82 Å². The zero-order valence-corrected chi connectivity index (χ0v) is 14.2. The van der Waals surface area contributed by atoms with Crippen LogP contribution in [0.4, 0.5) is 5.82 Å². The summed E-state index contributed by atoms with van der Waals surface area (Å²) in [5, 5.41) is 0. The van der Waals surface area contributed by atoms with Crippen LogP contribution in [0.2, 0.25) is 0 Å². The monoisotopic (exact) mass is 311 g/mol. The van der Waals surface area contributed by atoms with Crippen LogP contribution in [0.25, 0.3) is 11.4 Å².